The summed E-state index contributed by atoms with van der Waals surface area (Å²) in [6.07, 6.45) is 4.40. The Labute approximate surface area is 106 Å². The molecule has 0 bridgehead atoms. The summed E-state index contributed by atoms with van der Waals surface area (Å²) in [6, 6.07) is 0.667. The molecule has 2 rings (SSSR count). The van der Waals surface area contributed by atoms with Gasteiger partial charge in [-0.2, -0.15) is 0 Å². The van der Waals surface area contributed by atoms with E-state index in [1.807, 2.05) is 7.11 Å². The monoisotopic (exact) mass is 240 g/mol. The lowest BCUT2D eigenvalue weighted by Gasteiger charge is -2.36. The highest BCUT2D eigenvalue weighted by Crippen LogP contribution is 2.41. The maximum absolute atomic E-state index is 5.42. The zero-order valence-electron chi connectivity index (χ0n) is 11.8. The maximum atomic E-state index is 5.42. The maximum Gasteiger partial charge on any atom is 0.0670 e. The first-order valence-electron chi connectivity index (χ1n) is 7.07. The molecule has 100 valence electrons. The van der Waals surface area contributed by atoms with Crippen LogP contribution in [-0.2, 0) is 4.74 Å². The zero-order chi connectivity index (χ0) is 12.5. The highest BCUT2D eigenvalue weighted by atomic mass is 16.5. The molecule has 0 aromatic rings. The van der Waals surface area contributed by atoms with Gasteiger partial charge in [0, 0.05) is 31.8 Å². The Morgan fingerprint density at radius 1 is 1.41 bits per heavy atom. The molecule has 17 heavy (non-hydrogen) atoms. The van der Waals surface area contributed by atoms with E-state index in [-0.39, 0.29) is 0 Å². The molecule has 1 heterocycles. The molecule has 1 aliphatic carbocycles. The van der Waals surface area contributed by atoms with Gasteiger partial charge in [0.25, 0.3) is 0 Å². The third-order valence-electron chi connectivity index (χ3n) is 4.62. The second kappa shape index (κ2) is 5.25. The minimum absolute atomic E-state index is 0.332. The van der Waals surface area contributed by atoms with E-state index >= 15 is 0 Å². The molecule has 3 unspecified atom stereocenters. The van der Waals surface area contributed by atoms with Crippen LogP contribution in [0.4, 0.5) is 0 Å². The van der Waals surface area contributed by atoms with Gasteiger partial charge in [0.1, 0.15) is 0 Å². The van der Waals surface area contributed by atoms with Gasteiger partial charge in [-0.3, -0.25) is 4.90 Å². The Bertz CT molecular complexity index is 255. The Morgan fingerprint density at radius 2 is 2.12 bits per heavy atom. The van der Waals surface area contributed by atoms with Gasteiger partial charge >= 0.3 is 0 Å². The first-order chi connectivity index (χ1) is 8.05. The predicted molar refractivity (Wildman–Crippen MR) is 71.3 cm³/mol. The van der Waals surface area contributed by atoms with Crippen molar-refractivity contribution in [1.29, 1.82) is 0 Å². The summed E-state index contributed by atoms with van der Waals surface area (Å²) in [6.45, 7) is 10.3. The van der Waals surface area contributed by atoms with E-state index in [0.29, 0.717) is 17.7 Å². The summed E-state index contributed by atoms with van der Waals surface area (Å²) in [5.41, 5.74) is 0.332. The van der Waals surface area contributed by atoms with Crippen LogP contribution in [0.1, 0.15) is 40.0 Å². The molecule has 0 spiro atoms. The van der Waals surface area contributed by atoms with Gasteiger partial charge in [-0.25, -0.2) is 0 Å². The van der Waals surface area contributed by atoms with E-state index in [4.69, 9.17) is 4.74 Å². The zero-order valence-corrected chi connectivity index (χ0v) is 11.8. The summed E-state index contributed by atoms with van der Waals surface area (Å²) >= 11 is 0. The molecule has 3 atom stereocenters. The molecule has 2 fully saturated rings. The molecule has 1 aliphatic heterocycles. The fraction of sp³-hybridized carbons (Fsp3) is 1.00. The van der Waals surface area contributed by atoms with Crippen molar-refractivity contribution in [2.24, 2.45) is 5.92 Å². The largest absolute Gasteiger partial charge is 0.380 e. The summed E-state index contributed by atoms with van der Waals surface area (Å²) in [7, 11) is 1.81. The lowest BCUT2D eigenvalue weighted by molar-refractivity contribution is 0.0535. The highest BCUT2D eigenvalue weighted by Gasteiger charge is 2.43. The Hall–Kier alpha value is -0.120. The summed E-state index contributed by atoms with van der Waals surface area (Å²) in [5.74, 6) is 0.896. The normalized spacial score (nSPS) is 37.8. The lowest BCUT2D eigenvalue weighted by atomic mass is 9.95. The van der Waals surface area contributed by atoms with Crippen LogP contribution in [0.5, 0.6) is 0 Å². The SMILES string of the molecule is COC(C)CN1CC(C)(C2CC2)NCCC1C. The second-order valence-electron chi connectivity index (χ2n) is 6.23. The van der Waals surface area contributed by atoms with Gasteiger partial charge in [-0.05, 0) is 52.5 Å². The minimum Gasteiger partial charge on any atom is -0.380 e. The van der Waals surface area contributed by atoms with Crippen molar-refractivity contribution in [3.05, 3.63) is 0 Å². The van der Waals surface area contributed by atoms with Crippen LogP contribution in [-0.4, -0.2) is 49.3 Å². The van der Waals surface area contributed by atoms with Crippen molar-refractivity contribution in [3.8, 4) is 0 Å². The number of nitrogens with one attached hydrogen (secondary N) is 1. The van der Waals surface area contributed by atoms with E-state index in [1.54, 1.807) is 0 Å². The van der Waals surface area contributed by atoms with Crippen molar-refractivity contribution >= 4 is 0 Å². The summed E-state index contributed by atoms with van der Waals surface area (Å²) in [4.78, 5) is 2.62. The van der Waals surface area contributed by atoms with Crippen LogP contribution in [0.3, 0.4) is 0 Å². The highest BCUT2D eigenvalue weighted by molar-refractivity contribution is 5.02. The van der Waals surface area contributed by atoms with Gasteiger partial charge in [0.05, 0.1) is 6.10 Å². The quantitative estimate of drug-likeness (QED) is 0.812. The molecule has 2 aliphatic rings. The van der Waals surface area contributed by atoms with Crippen LogP contribution in [0.15, 0.2) is 0 Å². The van der Waals surface area contributed by atoms with Crippen LogP contribution in [0.2, 0.25) is 0 Å². The number of methoxy groups -OCH3 is 1. The first kappa shape index (κ1) is 13.3. The van der Waals surface area contributed by atoms with E-state index < -0.39 is 0 Å². The van der Waals surface area contributed by atoms with Crippen LogP contribution in [0, 0.1) is 5.92 Å². The molecule has 0 radical (unpaired) electrons. The molecule has 3 nitrogen and oxygen atoms in total. The van der Waals surface area contributed by atoms with Gasteiger partial charge in [-0.15, -0.1) is 0 Å². The summed E-state index contributed by atoms with van der Waals surface area (Å²) in [5, 5.41) is 3.79. The van der Waals surface area contributed by atoms with Crippen LogP contribution in [0.25, 0.3) is 0 Å². The third-order valence-corrected chi connectivity index (χ3v) is 4.62. The van der Waals surface area contributed by atoms with Gasteiger partial charge in [0.15, 0.2) is 0 Å². The molecule has 0 aromatic carbocycles. The van der Waals surface area contributed by atoms with Gasteiger partial charge in [0.2, 0.25) is 0 Å². The van der Waals surface area contributed by atoms with Crippen molar-refractivity contribution in [3.63, 3.8) is 0 Å². The number of rotatable bonds is 4. The molecule has 3 heteroatoms. The molecule has 1 saturated carbocycles. The minimum atomic E-state index is 0.332. The number of nitrogens with zero attached hydrogens (tertiary/aromatic N) is 1. The van der Waals surface area contributed by atoms with E-state index in [0.717, 1.165) is 19.0 Å². The number of ether oxygens (including phenoxy) is 1. The smallest absolute Gasteiger partial charge is 0.0670 e. The first-order valence-corrected chi connectivity index (χ1v) is 7.07. The van der Waals surface area contributed by atoms with Gasteiger partial charge < -0.3 is 10.1 Å². The summed E-state index contributed by atoms with van der Waals surface area (Å²) < 4.78 is 5.42. The average molecular weight is 240 g/mol. The number of hydrogen-bond donors (Lipinski definition) is 1. The van der Waals surface area contributed by atoms with Crippen LogP contribution >= 0.6 is 0 Å². The Kier molecular flexibility index (Phi) is 4.11. The fourth-order valence-corrected chi connectivity index (χ4v) is 3.03. The van der Waals surface area contributed by atoms with E-state index in [2.05, 4.69) is 31.0 Å². The molecule has 1 N–H and O–H groups in total. The topological polar surface area (TPSA) is 24.5 Å². The van der Waals surface area contributed by atoms with Crippen molar-refractivity contribution in [2.75, 3.05) is 26.7 Å². The third kappa shape index (κ3) is 3.21. The second-order valence-corrected chi connectivity index (χ2v) is 6.23. The number of hydrogen-bond acceptors (Lipinski definition) is 3. The lowest BCUT2D eigenvalue weighted by Crippen LogP contribution is -2.52. The van der Waals surface area contributed by atoms with Crippen molar-refractivity contribution < 1.29 is 4.74 Å². The van der Waals surface area contributed by atoms with Crippen molar-refractivity contribution in [2.45, 2.75) is 57.7 Å². The average Bonchev–Trinajstić information content (AvgIpc) is 3.10. The van der Waals surface area contributed by atoms with E-state index in [9.17, 15) is 0 Å². The molecule has 0 amide bonds. The predicted octanol–water partition coefficient (Wildman–Crippen LogP) is 1.87. The Balaban J connectivity index is 2.00. The molecular weight excluding hydrogens is 212 g/mol. The molecule has 0 aromatic heterocycles. The molecule has 1 saturated heterocycles. The van der Waals surface area contributed by atoms with Gasteiger partial charge in [-0.1, -0.05) is 0 Å². The van der Waals surface area contributed by atoms with Crippen molar-refractivity contribution in [1.82, 2.24) is 10.2 Å². The standard InChI is InChI=1S/C14H28N2O/c1-11-7-8-15-14(3,13-5-6-13)10-16(11)9-12(2)17-4/h11-13,15H,5-10H2,1-4H3. The fourth-order valence-electron chi connectivity index (χ4n) is 3.03. The Morgan fingerprint density at radius 3 is 2.71 bits per heavy atom. The molecular formula is C14H28N2O. The van der Waals surface area contributed by atoms with Crippen LogP contribution < -0.4 is 5.32 Å². The van der Waals surface area contributed by atoms with E-state index in [1.165, 1.54) is 25.8 Å².